The molecule has 2 aromatic carbocycles. The second kappa shape index (κ2) is 9.39. The van der Waals surface area contributed by atoms with E-state index in [1.165, 1.54) is 5.56 Å². The fourth-order valence-corrected chi connectivity index (χ4v) is 3.89. The molecule has 1 heterocycles. The maximum absolute atomic E-state index is 12.9. The minimum Gasteiger partial charge on any atom is -0.351 e. The number of hydrogen-bond donors (Lipinski definition) is 3. The Morgan fingerprint density at radius 3 is 2.21 bits per heavy atom. The van der Waals surface area contributed by atoms with E-state index in [2.05, 4.69) is 48.7 Å². The fourth-order valence-electron chi connectivity index (χ4n) is 3.09. The molecule has 29 heavy (non-hydrogen) atoms. The largest absolute Gasteiger partial charge is 0.351 e. The maximum atomic E-state index is 12.9. The van der Waals surface area contributed by atoms with Gasteiger partial charge in [0.15, 0.2) is 0 Å². The second-order valence-electron chi connectivity index (χ2n) is 6.96. The summed E-state index contributed by atoms with van der Waals surface area (Å²) in [6.45, 7) is 4.39. The van der Waals surface area contributed by atoms with Crippen LogP contribution in [0.25, 0.3) is 0 Å². The van der Waals surface area contributed by atoms with Crippen molar-refractivity contribution in [3.8, 4) is 0 Å². The Kier molecular flexibility index (Phi) is 6.67. The fraction of sp³-hybridized carbons (Fsp3) is 0.217. The Bertz CT molecular complexity index is 951. The normalized spacial score (nSPS) is 12.8. The van der Waals surface area contributed by atoms with Gasteiger partial charge in [-0.15, -0.1) is 11.3 Å². The number of nitrogens with two attached hydrogens (primary N) is 1. The summed E-state index contributed by atoms with van der Waals surface area (Å²) >= 11 is 1.61. The van der Waals surface area contributed by atoms with Crippen LogP contribution in [0, 0.1) is 0 Å². The van der Waals surface area contributed by atoms with Crippen LogP contribution < -0.4 is 16.4 Å². The van der Waals surface area contributed by atoms with Crippen molar-refractivity contribution in [2.75, 3.05) is 5.32 Å². The second-order valence-corrected chi connectivity index (χ2v) is 7.94. The minimum atomic E-state index is -0.638. The van der Waals surface area contributed by atoms with Gasteiger partial charge in [-0.2, -0.15) is 0 Å². The van der Waals surface area contributed by atoms with Gasteiger partial charge in [-0.3, -0.25) is 4.79 Å². The molecule has 4 N–H and O–H groups in total. The van der Waals surface area contributed by atoms with E-state index in [0.29, 0.717) is 17.2 Å². The van der Waals surface area contributed by atoms with Crippen LogP contribution in [0.5, 0.6) is 0 Å². The highest BCUT2D eigenvalue weighted by atomic mass is 32.1. The van der Waals surface area contributed by atoms with E-state index in [9.17, 15) is 9.59 Å². The molecule has 5 nitrogen and oxygen atoms in total. The van der Waals surface area contributed by atoms with Crippen LogP contribution >= 0.6 is 11.3 Å². The lowest BCUT2D eigenvalue weighted by molar-refractivity contribution is 0.0943. The van der Waals surface area contributed by atoms with Gasteiger partial charge in [0, 0.05) is 16.1 Å². The highest BCUT2D eigenvalue weighted by molar-refractivity contribution is 7.10. The molecule has 0 radical (unpaired) electrons. The van der Waals surface area contributed by atoms with Crippen molar-refractivity contribution in [3.63, 3.8) is 0 Å². The van der Waals surface area contributed by atoms with Gasteiger partial charge in [0.1, 0.15) is 0 Å². The standard InChI is InChI=1S/C23H25N3O2S/c1-3-15(2)16-6-8-17(9-7-16)21(20-5-4-14-29-20)26-22(27)18-10-12-19(13-11-18)25-23(24)28/h4-15,21H,3H2,1-2H3,(H,26,27)(H3,24,25,28). The van der Waals surface area contributed by atoms with E-state index < -0.39 is 6.03 Å². The number of anilines is 1. The summed E-state index contributed by atoms with van der Waals surface area (Å²) in [6, 6.07) is 18.2. The zero-order valence-electron chi connectivity index (χ0n) is 16.5. The SMILES string of the molecule is CCC(C)c1ccc(C(NC(=O)c2ccc(NC(N)=O)cc2)c2cccs2)cc1. The van der Waals surface area contributed by atoms with Gasteiger partial charge in [0.05, 0.1) is 6.04 Å². The number of nitrogens with one attached hydrogen (secondary N) is 2. The average molecular weight is 408 g/mol. The van der Waals surface area contributed by atoms with Crippen molar-refractivity contribution in [2.45, 2.75) is 32.2 Å². The first-order valence-corrected chi connectivity index (χ1v) is 10.5. The third kappa shape index (κ3) is 5.23. The summed E-state index contributed by atoms with van der Waals surface area (Å²) in [5.74, 6) is 0.325. The number of urea groups is 1. The topological polar surface area (TPSA) is 84.2 Å². The maximum Gasteiger partial charge on any atom is 0.316 e. The van der Waals surface area contributed by atoms with Crippen molar-refractivity contribution in [1.82, 2.24) is 5.32 Å². The highest BCUT2D eigenvalue weighted by Crippen LogP contribution is 2.28. The molecule has 0 fully saturated rings. The van der Waals surface area contributed by atoms with E-state index in [1.807, 2.05) is 17.5 Å². The Balaban J connectivity index is 1.81. The molecule has 3 rings (SSSR count). The molecule has 0 aliphatic rings. The molecule has 3 aromatic rings. The highest BCUT2D eigenvalue weighted by Gasteiger charge is 2.19. The van der Waals surface area contributed by atoms with Crippen molar-refractivity contribution in [2.24, 2.45) is 5.73 Å². The number of rotatable bonds is 7. The third-order valence-electron chi connectivity index (χ3n) is 4.97. The monoisotopic (exact) mass is 407 g/mol. The smallest absolute Gasteiger partial charge is 0.316 e. The average Bonchev–Trinajstić information content (AvgIpc) is 3.26. The Labute approximate surface area is 175 Å². The van der Waals surface area contributed by atoms with Crippen LogP contribution in [-0.4, -0.2) is 11.9 Å². The zero-order chi connectivity index (χ0) is 20.8. The Morgan fingerprint density at radius 2 is 1.66 bits per heavy atom. The van der Waals surface area contributed by atoms with Gasteiger partial charge in [0.25, 0.3) is 5.91 Å². The Morgan fingerprint density at radius 1 is 1.00 bits per heavy atom. The number of carbonyl (C=O) groups excluding carboxylic acids is 2. The zero-order valence-corrected chi connectivity index (χ0v) is 17.3. The molecule has 0 aliphatic carbocycles. The summed E-state index contributed by atoms with van der Waals surface area (Å²) in [5.41, 5.74) is 8.51. The van der Waals surface area contributed by atoms with Gasteiger partial charge in [-0.1, -0.05) is 44.2 Å². The first-order valence-electron chi connectivity index (χ1n) is 9.58. The van der Waals surface area contributed by atoms with E-state index in [-0.39, 0.29) is 11.9 Å². The number of primary amides is 1. The van der Waals surface area contributed by atoms with Crippen molar-refractivity contribution >= 4 is 29.0 Å². The summed E-state index contributed by atoms with van der Waals surface area (Å²) in [6.07, 6.45) is 1.09. The number of hydrogen-bond acceptors (Lipinski definition) is 3. The molecule has 0 saturated carbocycles. The van der Waals surface area contributed by atoms with Crippen molar-refractivity contribution in [1.29, 1.82) is 0 Å². The van der Waals surface area contributed by atoms with Crippen LogP contribution in [0.3, 0.4) is 0 Å². The predicted molar refractivity (Wildman–Crippen MR) is 118 cm³/mol. The summed E-state index contributed by atoms with van der Waals surface area (Å²) < 4.78 is 0. The summed E-state index contributed by atoms with van der Waals surface area (Å²) in [7, 11) is 0. The number of carbonyl (C=O) groups is 2. The van der Waals surface area contributed by atoms with E-state index in [4.69, 9.17) is 5.73 Å². The van der Waals surface area contributed by atoms with Crippen molar-refractivity contribution in [3.05, 3.63) is 87.6 Å². The number of thiophene rings is 1. The molecular weight excluding hydrogens is 382 g/mol. The molecule has 2 atom stereocenters. The quantitative estimate of drug-likeness (QED) is 0.498. The van der Waals surface area contributed by atoms with Crippen LogP contribution in [0.1, 0.15) is 58.6 Å². The van der Waals surface area contributed by atoms with Crippen LogP contribution in [0.4, 0.5) is 10.5 Å². The van der Waals surface area contributed by atoms with Crippen LogP contribution in [0.15, 0.2) is 66.0 Å². The molecular formula is C23H25N3O2S. The van der Waals surface area contributed by atoms with Crippen LogP contribution in [0.2, 0.25) is 0 Å². The van der Waals surface area contributed by atoms with Gasteiger partial charge >= 0.3 is 6.03 Å². The molecule has 0 bridgehead atoms. The lowest BCUT2D eigenvalue weighted by Crippen LogP contribution is -2.28. The lowest BCUT2D eigenvalue weighted by atomic mass is 9.95. The molecule has 0 aliphatic heterocycles. The number of amides is 3. The molecule has 0 saturated heterocycles. The molecule has 0 spiro atoms. The molecule has 3 amide bonds. The van der Waals surface area contributed by atoms with E-state index >= 15 is 0 Å². The van der Waals surface area contributed by atoms with Gasteiger partial charge in [-0.25, -0.2) is 4.79 Å². The van der Waals surface area contributed by atoms with E-state index in [0.717, 1.165) is 16.9 Å². The van der Waals surface area contributed by atoms with Crippen LogP contribution in [-0.2, 0) is 0 Å². The predicted octanol–water partition coefficient (Wildman–Crippen LogP) is 5.27. The Hall–Kier alpha value is -3.12. The lowest BCUT2D eigenvalue weighted by Gasteiger charge is -2.19. The van der Waals surface area contributed by atoms with E-state index in [1.54, 1.807) is 35.6 Å². The molecule has 150 valence electrons. The number of benzene rings is 2. The summed E-state index contributed by atoms with van der Waals surface area (Å²) in [5, 5.41) is 7.63. The van der Waals surface area contributed by atoms with Gasteiger partial charge < -0.3 is 16.4 Å². The first kappa shape index (κ1) is 20.6. The summed E-state index contributed by atoms with van der Waals surface area (Å²) in [4.78, 5) is 24.9. The van der Waals surface area contributed by atoms with Gasteiger partial charge in [0.2, 0.25) is 0 Å². The minimum absolute atomic E-state index is 0.181. The molecule has 1 aromatic heterocycles. The van der Waals surface area contributed by atoms with Gasteiger partial charge in [-0.05, 0) is 59.2 Å². The molecule has 6 heteroatoms. The molecule has 2 unspecified atom stereocenters. The third-order valence-corrected chi connectivity index (χ3v) is 5.91. The van der Waals surface area contributed by atoms with Crippen molar-refractivity contribution < 1.29 is 9.59 Å². The first-order chi connectivity index (χ1) is 14.0.